The fourth-order valence-electron chi connectivity index (χ4n) is 5.79. The summed E-state index contributed by atoms with van der Waals surface area (Å²) >= 11 is 0. The minimum Gasteiger partial charge on any atom is -0.461 e. The average Bonchev–Trinajstić information content (AvgIpc) is 3.24. The fourth-order valence-corrected chi connectivity index (χ4v) is 5.79. The van der Waals surface area contributed by atoms with Crippen LogP contribution in [0.1, 0.15) is 56.7 Å². The normalized spacial score (nSPS) is 12.6. The van der Waals surface area contributed by atoms with Crippen molar-refractivity contribution in [2.24, 2.45) is 11.0 Å². The third-order valence-electron chi connectivity index (χ3n) is 8.75. The number of ether oxygens (including phenoxy) is 3. The number of nitrogens with zero attached hydrogens (tertiary/aromatic N) is 3. The summed E-state index contributed by atoms with van der Waals surface area (Å²) in [6.07, 6.45) is -1.09. The maximum Gasteiger partial charge on any atom is 0.308 e. The van der Waals surface area contributed by atoms with Gasteiger partial charge in [-0.05, 0) is 34.6 Å². The maximum absolute atomic E-state index is 14.1. The lowest BCUT2D eigenvalue weighted by molar-refractivity contribution is -0.149. The lowest BCUT2D eigenvalue weighted by Crippen LogP contribution is -2.59. The van der Waals surface area contributed by atoms with E-state index in [0.717, 1.165) is 12.5 Å². The van der Waals surface area contributed by atoms with Gasteiger partial charge < -0.3 is 40.8 Å². The van der Waals surface area contributed by atoms with E-state index >= 15 is 0 Å². The molecule has 0 aliphatic heterocycles. The lowest BCUT2D eigenvalue weighted by atomic mass is 10.0. The number of esters is 2. The van der Waals surface area contributed by atoms with E-state index in [9.17, 15) is 33.6 Å². The van der Waals surface area contributed by atoms with Crippen LogP contribution in [-0.4, -0.2) is 91.9 Å². The van der Waals surface area contributed by atoms with Gasteiger partial charge in [0.2, 0.25) is 29.5 Å². The summed E-state index contributed by atoms with van der Waals surface area (Å²) in [6.45, 7) is 5.04. The van der Waals surface area contributed by atoms with E-state index in [1.54, 1.807) is 84.9 Å². The van der Waals surface area contributed by atoms with Gasteiger partial charge in [0.05, 0.1) is 26.1 Å². The van der Waals surface area contributed by atoms with E-state index in [2.05, 4.69) is 36.6 Å². The first kappa shape index (κ1) is 48.6. The molecule has 61 heavy (non-hydrogen) atoms. The molecule has 5 amide bonds. The molecule has 0 radical (unpaired) electrons. The van der Waals surface area contributed by atoms with Crippen molar-refractivity contribution in [2.45, 2.75) is 83.8 Å². The fraction of sp³-hybridized carbons (Fsp3) is 0.419. The Kier molecular flexibility index (Phi) is 21.6. The molecule has 0 bridgehead atoms. The van der Waals surface area contributed by atoms with Gasteiger partial charge in [-0.3, -0.25) is 33.6 Å². The molecule has 0 saturated heterocycles. The van der Waals surface area contributed by atoms with E-state index in [4.69, 9.17) is 19.7 Å². The number of amides is 5. The maximum atomic E-state index is 14.1. The van der Waals surface area contributed by atoms with Crippen molar-refractivity contribution in [3.63, 3.8) is 0 Å². The molecule has 3 aromatic carbocycles. The molecule has 4 atom stereocenters. The minimum absolute atomic E-state index is 0.0892. The highest BCUT2D eigenvalue weighted by atomic mass is 16.5. The second kappa shape index (κ2) is 27.1. The molecule has 0 saturated carbocycles. The first-order valence-electron chi connectivity index (χ1n) is 19.8. The molecule has 3 aromatic rings. The van der Waals surface area contributed by atoms with Crippen LogP contribution in [0.25, 0.3) is 10.4 Å². The van der Waals surface area contributed by atoms with Crippen LogP contribution in [0.15, 0.2) is 96.1 Å². The summed E-state index contributed by atoms with van der Waals surface area (Å²) in [5.41, 5.74) is 10.5. The van der Waals surface area contributed by atoms with E-state index in [0.29, 0.717) is 11.1 Å². The van der Waals surface area contributed by atoms with Crippen LogP contribution >= 0.6 is 0 Å². The zero-order valence-electron chi connectivity index (χ0n) is 34.5. The van der Waals surface area contributed by atoms with Gasteiger partial charge in [0, 0.05) is 31.3 Å². The standard InChI is InChI=1S/C43H54N8O10/c1-29(2)23-34(41(56)49-35(24-31-13-7-4-8-14-31)40(55)45-19-21-59-22-20-46-51-44)48-43(58)37(26-39(54)61-28-33-17-11-6-12-18-33)50-42(57)36(47-30(3)52)25-38(53)60-27-32-15-9-5-10-16-32/h4-18,29,34-37H,19-28H2,1-3H3,(H,45,55)(H,47,52)(H,48,58)(H,49,56)(H,50,57)/t34?,35-,36+,37-/m0/s1. The molecular formula is C43H54N8O10. The van der Waals surface area contributed by atoms with Crippen molar-refractivity contribution in [2.75, 3.05) is 26.3 Å². The number of carbonyl (C=O) groups excluding carboxylic acids is 7. The number of rotatable bonds is 26. The number of benzene rings is 3. The lowest BCUT2D eigenvalue weighted by Gasteiger charge is -2.27. The molecule has 18 nitrogen and oxygen atoms in total. The van der Waals surface area contributed by atoms with Crippen molar-refractivity contribution in [3.05, 3.63) is 118 Å². The van der Waals surface area contributed by atoms with Crippen molar-refractivity contribution in [1.29, 1.82) is 0 Å². The Morgan fingerprint density at radius 1 is 0.607 bits per heavy atom. The summed E-state index contributed by atoms with van der Waals surface area (Å²) in [6, 6.07) is 21.1. The van der Waals surface area contributed by atoms with Gasteiger partial charge in [0.1, 0.15) is 37.4 Å². The Bertz CT molecular complexity index is 1930. The van der Waals surface area contributed by atoms with Crippen LogP contribution in [0.2, 0.25) is 0 Å². The van der Waals surface area contributed by atoms with Crippen LogP contribution in [-0.2, 0) is 67.4 Å². The van der Waals surface area contributed by atoms with E-state index < -0.39 is 78.5 Å². The number of hydrogen-bond acceptors (Lipinski definition) is 11. The molecule has 0 aliphatic carbocycles. The van der Waals surface area contributed by atoms with Crippen LogP contribution in [0.5, 0.6) is 0 Å². The van der Waals surface area contributed by atoms with Gasteiger partial charge in [-0.1, -0.05) is 110 Å². The van der Waals surface area contributed by atoms with Gasteiger partial charge >= 0.3 is 11.9 Å². The molecule has 3 rings (SSSR count). The molecule has 5 N–H and O–H groups in total. The molecule has 1 unspecified atom stereocenters. The Balaban J connectivity index is 1.81. The third-order valence-corrected chi connectivity index (χ3v) is 8.75. The second-order valence-corrected chi connectivity index (χ2v) is 14.3. The molecule has 0 fully saturated rings. The largest absolute Gasteiger partial charge is 0.461 e. The molecule has 0 spiro atoms. The van der Waals surface area contributed by atoms with Crippen molar-refractivity contribution in [1.82, 2.24) is 26.6 Å². The molecule has 0 heterocycles. The van der Waals surface area contributed by atoms with Gasteiger partial charge in [-0.2, -0.15) is 0 Å². The van der Waals surface area contributed by atoms with Crippen LogP contribution in [0.4, 0.5) is 0 Å². The number of hydrogen-bond donors (Lipinski definition) is 5. The van der Waals surface area contributed by atoms with Crippen LogP contribution in [0, 0.1) is 5.92 Å². The number of nitrogens with one attached hydrogen (secondary N) is 5. The molecular weight excluding hydrogens is 789 g/mol. The summed E-state index contributed by atoms with van der Waals surface area (Å²) in [4.78, 5) is 96.0. The average molecular weight is 843 g/mol. The highest BCUT2D eigenvalue weighted by Crippen LogP contribution is 2.11. The molecule has 18 heteroatoms. The molecule has 0 aliphatic rings. The van der Waals surface area contributed by atoms with Crippen molar-refractivity contribution in [3.8, 4) is 0 Å². The zero-order valence-corrected chi connectivity index (χ0v) is 34.5. The van der Waals surface area contributed by atoms with Crippen molar-refractivity contribution >= 4 is 41.5 Å². The monoisotopic (exact) mass is 842 g/mol. The molecule has 0 aromatic heterocycles. The quantitative estimate of drug-likeness (QED) is 0.0260. The molecule has 326 valence electrons. The number of azide groups is 1. The Hall–Kier alpha value is -6.78. The smallest absolute Gasteiger partial charge is 0.308 e. The first-order valence-corrected chi connectivity index (χ1v) is 19.8. The van der Waals surface area contributed by atoms with Gasteiger partial charge in [0.25, 0.3) is 0 Å². The van der Waals surface area contributed by atoms with Gasteiger partial charge in [-0.25, -0.2) is 0 Å². The van der Waals surface area contributed by atoms with Gasteiger partial charge in [-0.15, -0.1) is 0 Å². The predicted octanol–water partition coefficient (Wildman–Crippen LogP) is 2.94. The minimum atomic E-state index is -1.64. The summed E-state index contributed by atoms with van der Waals surface area (Å²) in [5, 5.41) is 16.4. The predicted molar refractivity (Wildman–Crippen MR) is 223 cm³/mol. The summed E-state index contributed by atoms with van der Waals surface area (Å²) in [5.74, 6) is -5.65. The highest BCUT2D eigenvalue weighted by Gasteiger charge is 2.34. The second-order valence-electron chi connectivity index (χ2n) is 14.3. The Labute approximate surface area is 354 Å². The first-order chi connectivity index (χ1) is 29.3. The third kappa shape index (κ3) is 19.7. The van der Waals surface area contributed by atoms with E-state index in [1.807, 2.05) is 19.9 Å². The topological polar surface area (TPSA) is 256 Å². The van der Waals surface area contributed by atoms with E-state index in [1.165, 1.54) is 0 Å². The summed E-state index contributed by atoms with van der Waals surface area (Å²) < 4.78 is 16.1. The van der Waals surface area contributed by atoms with Crippen molar-refractivity contribution < 1.29 is 47.8 Å². The van der Waals surface area contributed by atoms with Crippen LogP contribution in [0.3, 0.4) is 0 Å². The summed E-state index contributed by atoms with van der Waals surface area (Å²) in [7, 11) is 0. The Morgan fingerprint density at radius 2 is 1.07 bits per heavy atom. The zero-order chi connectivity index (χ0) is 44.4. The SMILES string of the molecule is CC(=O)N[C@H](CC(=O)OCc1ccccc1)C(=O)N[C@@H](CC(=O)OCc1ccccc1)C(=O)NC(CC(C)C)C(=O)N[C@@H](Cc1ccccc1)C(=O)NCCOCCN=[N+]=[N-]. The van der Waals surface area contributed by atoms with Gasteiger partial charge in [0.15, 0.2) is 0 Å². The van der Waals surface area contributed by atoms with E-state index in [-0.39, 0.29) is 58.3 Å². The highest BCUT2D eigenvalue weighted by molar-refractivity contribution is 5.97. The Morgan fingerprint density at radius 3 is 1.56 bits per heavy atom. The number of carbonyl (C=O) groups is 7. The van der Waals surface area contributed by atoms with Crippen LogP contribution < -0.4 is 26.6 Å².